The number of benzene rings is 1. The van der Waals surface area contributed by atoms with Gasteiger partial charge >= 0.3 is 5.97 Å². The molecule has 2 heterocycles. The van der Waals surface area contributed by atoms with Crippen LogP contribution in [-0.4, -0.2) is 33.4 Å². The number of aromatic hydroxyl groups is 1. The lowest BCUT2D eigenvalue weighted by Crippen LogP contribution is -2.26. The van der Waals surface area contributed by atoms with Gasteiger partial charge in [0.15, 0.2) is 0 Å². The molecule has 0 unspecified atom stereocenters. The number of phenolic OH excluding ortho intramolecular Hbond substituents is 1. The van der Waals surface area contributed by atoms with E-state index < -0.39 is 5.97 Å². The fourth-order valence-corrected chi connectivity index (χ4v) is 3.08. The Kier molecular flexibility index (Phi) is 4.24. The van der Waals surface area contributed by atoms with E-state index in [1.165, 1.54) is 4.68 Å². The fraction of sp³-hybridized carbons (Fsp3) is 0.353. The van der Waals surface area contributed by atoms with Crippen molar-refractivity contribution in [1.82, 2.24) is 9.78 Å². The zero-order valence-corrected chi connectivity index (χ0v) is 13.6. The van der Waals surface area contributed by atoms with Crippen LogP contribution in [0.25, 0.3) is 0 Å². The Bertz CT molecular complexity index is 797. The average Bonchev–Trinajstić information content (AvgIpc) is 2.82. The third kappa shape index (κ3) is 2.97. The van der Waals surface area contributed by atoms with Crippen molar-refractivity contribution in [2.75, 3.05) is 11.9 Å². The van der Waals surface area contributed by atoms with E-state index in [0.29, 0.717) is 12.4 Å². The number of ether oxygens (including phenoxy) is 1. The Morgan fingerprint density at radius 3 is 3.00 bits per heavy atom. The zero-order valence-electron chi connectivity index (χ0n) is 13.6. The Labute approximate surface area is 139 Å². The van der Waals surface area contributed by atoms with Gasteiger partial charge in [0.25, 0.3) is 0 Å². The molecule has 1 amide bonds. The molecule has 7 heteroatoms. The van der Waals surface area contributed by atoms with Crippen molar-refractivity contribution in [3.05, 3.63) is 41.1 Å². The third-order valence-electron chi connectivity index (χ3n) is 4.03. The van der Waals surface area contributed by atoms with Crippen LogP contribution in [-0.2, 0) is 20.9 Å². The van der Waals surface area contributed by atoms with Gasteiger partial charge in [-0.3, -0.25) is 9.59 Å². The number of carbonyl (C=O) groups excluding carboxylic acids is 2. The first-order chi connectivity index (χ1) is 11.5. The molecule has 1 aromatic heterocycles. The van der Waals surface area contributed by atoms with Crippen LogP contribution in [0.15, 0.2) is 24.3 Å². The summed E-state index contributed by atoms with van der Waals surface area (Å²) in [5.41, 5.74) is 2.44. The lowest BCUT2D eigenvalue weighted by molar-refractivity contribution is -0.144. The molecule has 126 valence electrons. The van der Waals surface area contributed by atoms with Gasteiger partial charge in [0.05, 0.1) is 12.3 Å². The third-order valence-corrected chi connectivity index (χ3v) is 4.03. The van der Waals surface area contributed by atoms with Crippen molar-refractivity contribution in [3.8, 4) is 5.75 Å². The zero-order chi connectivity index (χ0) is 17.3. The summed E-state index contributed by atoms with van der Waals surface area (Å²) in [6.45, 7) is 3.81. The summed E-state index contributed by atoms with van der Waals surface area (Å²) < 4.78 is 6.42. The molecule has 1 aliphatic heterocycles. The van der Waals surface area contributed by atoms with Gasteiger partial charge in [0, 0.05) is 17.9 Å². The van der Waals surface area contributed by atoms with E-state index in [-0.39, 0.29) is 30.5 Å². The molecular weight excluding hydrogens is 310 g/mol. The van der Waals surface area contributed by atoms with Crippen molar-refractivity contribution in [1.29, 1.82) is 0 Å². The molecule has 0 fully saturated rings. The van der Waals surface area contributed by atoms with Crippen molar-refractivity contribution in [3.63, 3.8) is 0 Å². The Morgan fingerprint density at radius 1 is 1.50 bits per heavy atom. The van der Waals surface area contributed by atoms with Crippen molar-refractivity contribution < 1.29 is 19.4 Å². The van der Waals surface area contributed by atoms with Crippen molar-refractivity contribution >= 4 is 17.7 Å². The lowest BCUT2D eigenvalue weighted by Gasteiger charge is -2.24. The summed E-state index contributed by atoms with van der Waals surface area (Å²) in [5.74, 6) is -0.101. The molecule has 24 heavy (non-hydrogen) atoms. The summed E-state index contributed by atoms with van der Waals surface area (Å²) in [4.78, 5) is 23.9. The number of anilines is 1. The average molecular weight is 329 g/mol. The number of carbonyl (C=O) groups is 2. The highest BCUT2D eigenvalue weighted by Crippen LogP contribution is 2.39. The number of phenols is 1. The molecule has 0 bridgehead atoms. The molecule has 3 rings (SSSR count). The summed E-state index contributed by atoms with van der Waals surface area (Å²) in [6, 6.07) is 6.85. The summed E-state index contributed by atoms with van der Waals surface area (Å²) >= 11 is 0. The van der Waals surface area contributed by atoms with E-state index in [1.807, 2.05) is 13.0 Å². The van der Waals surface area contributed by atoms with E-state index in [0.717, 1.165) is 16.8 Å². The Balaban J connectivity index is 2.02. The van der Waals surface area contributed by atoms with E-state index >= 15 is 0 Å². The number of esters is 1. The minimum Gasteiger partial charge on any atom is -0.508 e. The Morgan fingerprint density at radius 2 is 2.29 bits per heavy atom. The van der Waals surface area contributed by atoms with Crippen LogP contribution in [0, 0.1) is 6.92 Å². The maximum Gasteiger partial charge on any atom is 0.327 e. The van der Waals surface area contributed by atoms with Crippen LogP contribution < -0.4 is 5.32 Å². The first-order valence-corrected chi connectivity index (χ1v) is 7.81. The van der Waals surface area contributed by atoms with Gasteiger partial charge < -0.3 is 15.2 Å². The normalized spacial score (nSPS) is 16.4. The van der Waals surface area contributed by atoms with Gasteiger partial charge in [-0.1, -0.05) is 12.1 Å². The summed E-state index contributed by atoms with van der Waals surface area (Å²) in [7, 11) is 0. The molecule has 1 aromatic carbocycles. The number of aromatic nitrogens is 2. The standard InChI is InChI=1S/C17H19N3O4/c1-3-24-15(23)9-20-17-16(10(2)19-20)13(8-14(22)18-17)11-5-4-6-12(21)7-11/h4-7,13,21H,3,8-9H2,1-2H3,(H,18,22)/t13-/m0/s1. The largest absolute Gasteiger partial charge is 0.508 e. The molecule has 0 radical (unpaired) electrons. The number of amides is 1. The first kappa shape index (κ1) is 16.0. The lowest BCUT2D eigenvalue weighted by atomic mass is 9.86. The molecule has 0 saturated carbocycles. The number of nitrogens with zero attached hydrogens (tertiary/aromatic N) is 2. The molecule has 0 spiro atoms. The van der Waals surface area contributed by atoms with E-state index in [4.69, 9.17) is 4.74 Å². The molecule has 1 aliphatic rings. The molecular formula is C17H19N3O4. The number of nitrogens with one attached hydrogen (secondary N) is 1. The SMILES string of the molecule is CCOC(=O)Cn1nc(C)c2c1NC(=O)C[C@H]2c1cccc(O)c1. The number of rotatable bonds is 4. The minimum atomic E-state index is -0.406. The number of aryl methyl sites for hydroxylation is 1. The molecule has 1 atom stereocenters. The predicted molar refractivity (Wildman–Crippen MR) is 86.8 cm³/mol. The van der Waals surface area contributed by atoms with Gasteiger partial charge in [-0.05, 0) is 31.5 Å². The Hall–Kier alpha value is -2.83. The number of hydrogen-bond donors (Lipinski definition) is 2. The maximum atomic E-state index is 12.1. The molecule has 2 N–H and O–H groups in total. The minimum absolute atomic E-state index is 0.0585. The van der Waals surface area contributed by atoms with Gasteiger partial charge in [0.2, 0.25) is 5.91 Å². The van der Waals surface area contributed by atoms with Crippen LogP contribution in [0.5, 0.6) is 5.75 Å². The topological polar surface area (TPSA) is 93.5 Å². The van der Waals surface area contributed by atoms with Gasteiger partial charge in [-0.15, -0.1) is 0 Å². The van der Waals surface area contributed by atoms with E-state index in [2.05, 4.69) is 10.4 Å². The maximum absolute atomic E-state index is 12.1. The second-order valence-electron chi connectivity index (χ2n) is 5.71. The van der Waals surface area contributed by atoms with E-state index in [9.17, 15) is 14.7 Å². The molecule has 0 aliphatic carbocycles. The molecule has 0 saturated heterocycles. The highest BCUT2D eigenvalue weighted by Gasteiger charge is 2.32. The molecule has 2 aromatic rings. The smallest absolute Gasteiger partial charge is 0.327 e. The van der Waals surface area contributed by atoms with Crippen LogP contribution in [0.3, 0.4) is 0 Å². The summed E-state index contributed by atoms with van der Waals surface area (Å²) in [5, 5.41) is 16.9. The van der Waals surface area contributed by atoms with Gasteiger partial charge in [-0.25, -0.2) is 4.68 Å². The van der Waals surface area contributed by atoms with Crippen molar-refractivity contribution in [2.24, 2.45) is 0 Å². The number of fused-ring (bicyclic) bond motifs is 1. The quantitative estimate of drug-likeness (QED) is 0.836. The second kappa shape index (κ2) is 6.35. The monoisotopic (exact) mass is 329 g/mol. The van der Waals surface area contributed by atoms with Gasteiger partial charge in [-0.2, -0.15) is 5.10 Å². The summed E-state index contributed by atoms with van der Waals surface area (Å²) in [6.07, 6.45) is 0.266. The second-order valence-corrected chi connectivity index (χ2v) is 5.71. The van der Waals surface area contributed by atoms with Crippen LogP contribution in [0.1, 0.15) is 36.1 Å². The number of hydrogen-bond acceptors (Lipinski definition) is 5. The van der Waals surface area contributed by atoms with Gasteiger partial charge in [0.1, 0.15) is 18.1 Å². The van der Waals surface area contributed by atoms with E-state index in [1.54, 1.807) is 25.1 Å². The first-order valence-electron chi connectivity index (χ1n) is 7.81. The highest BCUT2D eigenvalue weighted by atomic mass is 16.5. The highest BCUT2D eigenvalue weighted by molar-refractivity contribution is 5.95. The predicted octanol–water partition coefficient (Wildman–Crippen LogP) is 1.93. The van der Waals surface area contributed by atoms with Crippen LogP contribution in [0.2, 0.25) is 0 Å². The van der Waals surface area contributed by atoms with Crippen LogP contribution >= 0.6 is 0 Å². The fourth-order valence-electron chi connectivity index (χ4n) is 3.08. The van der Waals surface area contributed by atoms with Crippen molar-refractivity contribution in [2.45, 2.75) is 32.7 Å². The molecule has 7 nitrogen and oxygen atoms in total. The van der Waals surface area contributed by atoms with Crippen LogP contribution in [0.4, 0.5) is 5.82 Å².